The van der Waals surface area contributed by atoms with Gasteiger partial charge in [-0.1, -0.05) is 30.3 Å². The number of benzene rings is 2. The molecule has 5 rings (SSSR count). The van der Waals surface area contributed by atoms with Crippen molar-refractivity contribution in [2.45, 2.75) is 19.9 Å². The molecule has 0 saturated heterocycles. The number of aryl methyl sites for hydroxylation is 1. The van der Waals surface area contributed by atoms with Crippen LogP contribution in [0.3, 0.4) is 0 Å². The number of hydrogen-bond donors (Lipinski definition) is 2. The SMILES string of the molecule is Cc1ccccc1-c1c(C(C)Nc2ncnc3nc[nH]c23)oc2cccc(F)c2c1=O. The molecule has 0 saturated carbocycles. The first-order valence-electron chi connectivity index (χ1n) is 9.76. The first kappa shape index (κ1) is 18.9. The molecule has 3 heterocycles. The highest BCUT2D eigenvalue weighted by Gasteiger charge is 2.24. The van der Waals surface area contributed by atoms with E-state index in [0.717, 1.165) is 5.56 Å². The van der Waals surface area contributed by atoms with Crippen molar-refractivity contribution in [2.75, 3.05) is 5.32 Å². The maximum Gasteiger partial charge on any atom is 0.203 e. The molecule has 0 radical (unpaired) electrons. The maximum absolute atomic E-state index is 14.6. The summed E-state index contributed by atoms with van der Waals surface area (Å²) in [5.74, 6) is 0.305. The number of rotatable bonds is 4. The van der Waals surface area contributed by atoms with E-state index in [2.05, 4.69) is 25.3 Å². The van der Waals surface area contributed by atoms with Crippen molar-refractivity contribution in [2.24, 2.45) is 0 Å². The Morgan fingerprint density at radius 1 is 1.10 bits per heavy atom. The van der Waals surface area contributed by atoms with Crippen LogP contribution in [0.15, 0.2) is 64.3 Å². The second-order valence-corrected chi connectivity index (χ2v) is 7.29. The van der Waals surface area contributed by atoms with Crippen LogP contribution in [0, 0.1) is 12.7 Å². The normalized spacial score (nSPS) is 12.4. The number of anilines is 1. The molecule has 5 aromatic rings. The first-order chi connectivity index (χ1) is 15.0. The fourth-order valence-corrected chi connectivity index (χ4v) is 3.77. The maximum atomic E-state index is 14.6. The largest absolute Gasteiger partial charge is 0.458 e. The molecule has 0 amide bonds. The molecule has 2 aromatic carbocycles. The van der Waals surface area contributed by atoms with E-state index in [4.69, 9.17) is 4.42 Å². The fraction of sp³-hybridized carbons (Fsp3) is 0.130. The quantitative estimate of drug-likeness (QED) is 0.440. The molecule has 1 unspecified atom stereocenters. The molecular weight excluding hydrogens is 397 g/mol. The number of halogens is 1. The van der Waals surface area contributed by atoms with Crippen molar-refractivity contribution in [1.82, 2.24) is 19.9 Å². The van der Waals surface area contributed by atoms with E-state index in [1.807, 2.05) is 38.1 Å². The number of H-pyrrole nitrogens is 1. The van der Waals surface area contributed by atoms with Gasteiger partial charge < -0.3 is 14.7 Å². The van der Waals surface area contributed by atoms with Crippen LogP contribution < -0.4 is 10.7 Å². The van der Waals surface area contributed by atoms with Crippen LogP contribution in [0.4, 0.5) is 10.2 Å². The molecule has 0 aliphatic rings. The molecule has 0 aliphatic heterocycles. The Morgan fingerprint density at radius 3 is 2.77 bits per heavy atom. The Balaban J connectivity index is 1.74. The highest BCUT2D eigenvalue weighted by Crippen LogP contribution is 2.33. The van der Waals surface area contributed by atoms with Gasteiger partial charge in [-0.25, -0.2) is 19.3 Å². The minimum absolute atomic E-state index is 0.0605. The molecule has 3 aromatic heterocycles. The van der Waals surface area contributed by atoms with E-state index in [1.54, 1.807) is 6.07 Å². The molecule has 0 bridgehead atoms. The summed E-state index contributed by atoms with van der Waals surface area (Å²) in [6.45, 7) is 3.76. The van der Waals surface area contributed by atoms with Gasteiger partial charge in [-0.05, 0) is 37.1 Å². The van der Waals surface area contributed by atoms with Gasteiger partial charge in [0, 0.05) is 0 Å². The summed E-state index contributed by atoms with van der Waals surface area (Å²) < 4.78 is 20.7. The van der Waals surface area contributed by atoms with Crippen molar-refractivity contribution in [3.8, 4) is 11.1 Å². The zero-order valence-electron chi connectivity index (χ0n) is 16.8. The monoisotopic (exact) mass is 415 g/mol. The van der Waals surface area contributed by atoms with Crippen LogP contribution in [0.1, 0.15) is 24.3 Å². The third-order valence-electron chi connectivity index (χ3n) is 5.28. The summed E-state index contributed by atoms with van der Waals surface area (Å²) in [6.07, 6.45) is 2.94. The van der Waals surface area contributed by atoms with Crippen molar-refractivity contribution in [1.29, 1.82) is 0 Å². The molecule has 154 valence electrons. The summed E-state index contributed by atoms with van der Waals surface area (Å²) in [4.78, 5) is 29.0. The van der Waals surface area contributed by atoms with Gasteiger partial charge in [-0.3, -0.25) is 4.79 Å². The Morgan fingerprint density at radius 2 is 1.94 bits per heavy atom. The van der Waals surface area contributed by atoms with Crippen LogP contribution in [0.5, 0.6) is 0 Å². The van der Waals surface area contributed by atoms with Crippen LogP contribution in [-0.2, 0) is 0 Å². The molecule has 8 heteroatoms. The van der Waals surface area contributed by atoms with Gasteiger partial charge in [0.1, 0.15) is 34.4 Å². The topological polar surface area (TPSA) is 96.7 Å². The molecule has 0 fully saturated rings. The van der Waals surface area contributed by atoms with Gasteiger partial charge in [0.2, 0.25) is 5.43 Å². The summed E-state index contributed by atoms with van der Waals surface area (Å²) in [5.41, 5.74) is 2.85. The van der Waals surface area contributed by atoms with Crippen molar-refractivity contribution >= 4 is 28.0 Å². The van der Waals surface area contributed by atoms with Gasteiger partial charge in [0.05, 0.1) is 17.9 Å². The van der Waals surface area contributed by atoms with E-state index in [1.165, 1.54) is 24.8 Å². The van der Waals surface area contributed by atoms with Gasteiger partial charge >= 0.3 is 0 Å². The van der Waals surface area contributed by atoms with Gasteiger partial charge in [0.15, 0.2) is 11.5 Å². The number of nitrogens with one attached hydrogen (secondary N) is 2. The number of aromatic amines is 1. The third kappa shape index (κ3) is 3.13. The molecule has 2 N–H and O–H groups in total. The second-order valence-electron chi connectivity index (χ2n) is 7.29. The molecule has 1 atom stereocenters. The van der Waals surface area contributed by atoms with Crippen LogP contribution in [-0.4, -0.2) is 19.9 Å². The second kappa shape index (κ2) is 7.32. The predicted octanol–water partition coefficient (Wildman–Crippen LogP) is 4.75. The summed E-state index contributed by atoms with van der Waals surface area (Å²) >= 11 is 0. The zero-order chi connectivity index (χ0) is 21.5. The molecule has 0 spiro atoms. The Bertz CT molecular complexity index is 1490. The lowest BCUT2D eigenvalue weighted by atomic mass is 9.95. The van der Waals surface area contributed by atoms with E-state index < -0.39 is 17.3 Å². The Hall–Kier alpha value is -4.07. The van der Waals surface area contributed by atoms with E-state index >= 15 is 0 Å². The van der Waals surface area contributed by atoms with Gasteiger partial charge in [-0.15, -0.1) is 0 Å². The van der Waals surface area contributed by atoms with Crippen molar-refractivity contribution in [3.05, 3.63) is 82.5 Å². The van der Waals surface area contributed by atoms with E-state index in [-0.39, 0.29) is 11.0 Å². The average molecular weight is 415 g/mol. The highest BCUT2D eigenvalue weighted by atomic mass is 19.1. The first-order valence-corrected chi connectivity index (χ1v) is 9.76. The molecule has 7 nitrogen and oxygen atoms in total. The Labute approximate surface area is 176 Å². The number of aromatic nitrogens is 4. The lowest BCUT2D eigenvalue weighted by molar-refractivity contribution is 0.513. The smallest absolute Gasteiger partial charge is 0.203 e. The summed E-state index contributed by atoms with van der Waals surface area (Å²) in [6, 6.07) is 11.4. The fourth-order valence-electron chi connectivity index (χ4n) is 3.77. The van der Waals surface area contributed by atoms with Crippen molar-refractivity contribution < 1.29 is 8.81 Å². The predicted molar refractivity (Wildman–Crippen MR) is 116 cm³/mol. The average Bonchev–Trinajstić information content (AvgIpc) is 3.24. The van der Waals surface area contributed by atoms with E-state index in [0.29, 0.717) is 33.9 Å². The minimum Gasteiger partial charge on any atom is -0.458 e. The minimum atomic E-state index is -0.608. The number of fused-ring (bicyclic) bond motifs is 2. The van der Waals surface area contributed by atoms with Gasteiger partial charge in [0.25, 0.3) is 0 Å². The highest BCUT2D eigenvalue weighted by molar-refractivity contribution is 5.85. The molecule has 31 heavy (non-hydrogen) atoms. The lowest BCUT2D eigenvalue weighted by Gasteiger charge is -2.19. The molecule has 0 aliphatic carbocycles. The number of hydrogen-bond acceptors (Lipinski definition) is 6. The van der Waals surface area contributed by atoms with Gasteiger partial charge in [-0.2, -0.15) is 0 Å². The number of nitrogens with zero attached hydrogens (tertiary/aromatic N) is 3. The van der Waals surface area contributed by atoms with E-state index in [9.17, 15) is 9.18 Å². The zero-order valence-corrected chi connectivity index (χ0v) is 16.8. The lowest BCUT2D eigenvalue weighted by Crippen LogP contribution is -2.17. The summed E-state index contributed by atoms with van der Waals surface area (Å²) in [5, 5.41) is 3.21. The van der Waals surface area contributed by atoms with Crippen LogP contribution >= 0.6 is 0 Å². The van der Waals surface area contributed by atoms with Crippen molar-refractivity contribution in [3.63, 3.8) is 0 Å². The number of imidazole rings is 1. The standard InChI is InChI=1S/C23H18FN5O2/c1-12-6-3-4-7-14(12)17-20(30)18-15(24)8-5-9-16(18)31-21(17)13(2)29-23-19-22(26-10-25-19)27-11-28-23/h3-11,13H,1-2H3,(H2,25,26,27,28,29). The summed E-state index contributed by atoms with van der Waals surface area (Å²) in [7, 11) is 0. The third-order valence-corrected chi connectivity index (χ3v) is 5.28. The van der Waals surface area contributed by atoms with Crippen LogP contribution in [0.25, 0.3) is 33.3 Å². The molecular formula is C23H18FN5O2. The Kier molecular flexibility index (Phi) is 4.47. The van der Waals surface area contributed by atoms with Crippen LogP contribution in [0.2, 0.25) is 0 Å².